The molecule has 1 aromatic carbocycles. The van der Waals surface area contributed by atoms with Crippen molar-refractivity contribution in [2.24, 2.45) is 0 Å². The van der Waals surface area contributed by atoms with Crippen LogP contribution in [-0.2, 0) is 0 Å². The van der Waals surface area contributed by atoms with Gasteiger partial charge in [0.25, 0.3) is 5.91 Å². The molecule has 0 bridgehead atoms. The third kappa shape index (κ3) is 2.77. The van der Waals surface area contributed by atoms with Crippen LogP contribution in [0, 0.1) is 5.82 Å². The number of aromatic nitrogens is 2. The maximum atomic E-state index is 13.1. The minimum atomic E-state index is -0.254. The molecule has 1 aromatic heterocycles. The SMILES string of the molecule is CNC(=O)c1ccc(N2CCCC2c2ccc(F)cc2)nn1. The van der Waals surface area contributed by atoms with E-state index in [4.69, 9.17) is 0 Å². The first-order valence-electron chi connectivity index (χ1n) is 7.27. The smallest absolute Gasteiger partial charge is 0.271 e. The minimum absolute atomic E-state index is 0.167. The summed E-state index contributed by atoms with van der Waals surface area (Å²) >= 11 is 0. The van der Waals surface area contributed by atoms with Crippen LogP contribution in [0.1, 0.15) is 34.9 Å². The summed E-state index contributed by atoms with van der Waals surface area (Å²) in [4.78, 5) is 13.6. The summed E-state index contributed by atoms with van der Waals surface area (Å²) in [5.41, 5.74) is 1.36. The Labute approximate surface area is 128 Å². The molecule has 1 amide bonds. The Morgan fingerprint density at radius 2 is 2.00 bits per heavy atom. The fourth-order valence-electron chi connectivity index (χ4n) is 2.80. The molecule has 1 aliphatic heterocycles. The molecule has 0 spiro atoms. The number of carbonyl (C=O) groups excluding carboxylic acids is 1. The van der Waals surface area contributed by atoms with Gasteiger partial charge in [-0.3, -0.25) is 4.79 Å². The molecule has 0 radical (unpaired) electrons. The zero-order valence-corrected chi connectivity index (χ0v) is 12.3. The van der Waals surface area contributed by atoms with Crippen LogP contribution in [0.4, 0.5) is 10.2 Å². The van der Waals surface area contributed by atoms with Crippen LogP contribution in [0.5, 0.6) is 0 Å². The van der Waals surface area contributed by atoms with Gasteiger partial charge >= 0.3 is 0 Å². The van der Waals surface area contributed by atoms with Gasteiger partial charge in [-0.25, -0.2) is 4.39 Å². The van der Waals surface area contributed by atoms with E-state index >= 15 is 0 Å². The van der Waals surface area contributed by atoms with E-state index < -0.39 is 0 Å². The number of amides is 1. The van der Waals surface area contributed by atoms with Crippen LogP contribution in [0.25, 0.3) is 0 Å². The van der Waals surface area contributed by atoms with Gasteiger partial charge in [-0.2, -0.15) is 0 Å². The summed E-state index contributed by atoms with van der Waals surface area (Å²) < 4.78 is 13.1. The number of halogens is 1. The van der Waals surface area contributed by atoms with E-state index in [0.717, 1.165) is 30.8 Å². The van der Waals surface area contributed by atoms with Crippen molar-refractivity contribution in [2.45, 2.75) is 18.9 Å². The molecule has 5 nitrogen and oxygen atoms in total. The summed E-state index contributed by atoms with van der Waals surface area (Å²) in [6.07, 6.45) is 2.03. The summed E-state index contributed by atoms with van der Waals surface area (Å²) in [5.74, 6) is 0.248. The van der Waals surface area contributed by atoms with Gasteiger partial charge in [-0.1, -0.05) is 12.1 Å². The lowest BCUT2D eigenvalue weighted by Crippen LogP contribution is -2.25. The van der Waals surface area contributed by atoms with Crippen molar-refractivity contribution in [2.75, 3.05) is 18.5 Å². The number of nitrogens with zero attached hydrogens (tertiary/aromatic N) is 3. The van der Waals surface area contributed by atoms with Crippen LogP contribution < -0.4 is 10.2 Å². The summed E-state index contributed by atoms with van der Waals surface area (Å²) in [7, 11) is 1.56. The Balaban J connectivity index is 1.83. The standard InChI is InChI=1S/C16H17FN4O/c1-18-16(22)13-8-9-15(20-19-13)21-10-2-3-14(21)11-4-6-12(17)7-5-11/h4-9,14H,2-3,10H2,1H3,(H,18,22). The molecule has 1 aliphatic rings. The number of rotatable bonds is 3. The molecule has 1 N–H and O–H groups in total. The maximum Gasteiger partial charge on any atom is 0.271 e. The highest BCUT2D eigenvalue weighted by Gasteiger charge is 2.27. The second-order valence-corrected chi connectivity index (χ2v) is 5.26. The predicted octanol–water partition coefficient (Wildman–Crippen LogP) is 2.32. The van der Waals surface area contributed by atoms with E-state index in [0.29, 0.717) is 5.69 Å². The largest absolute Gasteiger partial charge is 0.354 e. The van der Waals surface area contributed by atoms with E-state index in [1.54, 1.807) is 19.2 Å². The number of carbonyl (C=O) groups is 1. The first-order chi connectivity index (χ1) is 10.7. The molecule has 2 heterocycles. The van der Waals surface area contributed by atoms with Gasteiger partial charge in [-0.05, 0) is 42.7 Å². The van der Waals surface area contributed by atoms with Crippen LogP contribution in [0.15, 0.2) is 36.4 Å². The maximum absolute atomic E-state index is 13.1. The number of nitrogens with one attached hydrogen (secondary N) is 1. The summed E-state index contributed by atoms with van der Waals surface area (Å²) in [6.45, 7) is 0.871. The third-order valence-corrected chi connectivity index (χ3v) is 3.91. The van der Waals surface area contributed by atoms with Crippen molar-refractivity contribution in [3.05, 3.63) is 53.5 Å². The predicted molar refractivity (Wildman–Crippen MR) is 81.1 cm³/mol. The molecule has 1 atom stereocenters. The Bertz CT molecular complexity index is 657. The Hall–Kier alpha value is -2.50. The molecule has 1 fully saturated rings. The normalized spacial score (nSPS) is 17.5. The van der Waals surface area contributed by atoms with E-state index in [1.165, 1.54) is 12.1 Å². The van der Waals surface area contributed by atoms with Gasteiger partial charge in [0, 0.05) is 13.6 Å². The Kier molecular flexibility index (Phi) is 4.00. The Morgan fingerprint density at radius 3 is 2.64 bits per heavy atom. The van der Waals surface area contributed by atoms with Gasteiger partial charge in [0.2, 0.25) is 0 Å². The molecule has 0 aliphatic carbocycles. The van der Waals surface area contributed by atoms with E-state index in [-0.39, 0.29) is 17.8 Å². The quantitative estimate of drug-likeness (QED) is 0.945. The highest BCUT2D eigenvalue weighted by atomic mass is 19.1. The molecule has 22 heavy (non-hydrogen) atoms. The van der Waals surface area contributed by atoms with Gasteiger partial charge < -0.3 is 10.2 Å². The fraction of sp³-hybridized carbons (Fsp3) is 0.312. The van der Waals surface area contributed by atoms with Gasteiger partial charge in [-0.15, -0.1) is 10.2 Å². The first-order valence-corrected chi connectivity index (χ1v) is 7.27. The molecule has 2 aromatic rings. The fourth-order valence-corrected chi connectivity index (χ4v) is 2.80. The number of benzene rings is 1. The molecule has 3 rings (SSSR count). The van der Waals surface area contributed by atoms with Crippen molar-refractivity contribution >= 4 is 11.7 Å². The van der Waals surface area contributed by atoms with Gasteiger partial charge in [0.15, 0.2) is 11.5 Å². The van der Waals surface area contributed by atoms with Crippen LogP contribution in [0.2, 0.25) is 0 Å². The van der Waals surface area contributed by atoms with Crippen molar-refractivity contribution in [1.82, 2.24) is 15.5 Å². The van der Waals surface area contributed by atoms with Crippen LogP contribution in [-0.4, -0.2) is 29.7 Å². The van der Waals surface area contributed by atoms with E-state index in [9.17, 15) is 9.18 Å². The number of hydrogen-bond donors (Lipinski definition) is 1. The summed E-state index contributed by atoms with van der Waals surface area (Å²) in [5, 5.41) is 10.7. The highest BCUT2D eigenvalue weighted by Crippen LogP contribution is 2.34. The molecular weight excluding hydrogens is 283 g/mol. The lowest BCUT2D eigenvalue weighted by molar-refractivity contribution is 0.0957. The van der Waals surface area contributed by atoms with Crippen molar-refractivity contribution < 1.29 is 9.18 Å². The van der Waals surface area contributed by atoms with E-state index in [2.05, 4.69) is 20.4 Å². The van der Waals surface area contributed by atoms with Gasteiger partial charge in [0.05, 0.1) is 6.04 Å². The van der Waals surface area contributed by atoms with Crippen molar-refractivity contribution in [1.29, 1.82) is 0 Å². The molecule has 114 valence electrons. The number of anilines is 1. The molecular formula is C16H17FN4O. The van der Waals surface area contributed by atoms with E-state index in [1.807, 2.05) is 12.1 Å². The lowest BCUT2D eigenvalue weighted by Gasteiger charge is -2.25. The highest BCUT2D eigenvalue weighted by molar-refractivity contribution is 5.91. The monoisotopic (exact) mass is 300 g/mol. The molecule has 1 saturated heterocycles. The zero-order valence-electron chi connectivity index (χ0n) is 12.3. The van der Waals surface area contributed by atoms with Crippen molar-refractivity contribution in [3.8, 4) is 0 Å². The second-order valence-electron chi connectivity index (χ2n) is 5.26. The van der Waals surface area contributed by atoms with Gasteiger partial charge in [0.1, 0.15) is 5.82 Å². The molecule has 1 unspecified atom stereocenters. The molecule has 0 saturated carbocycles. The Morgan fingerprint density at radius 1 is 1.23 bits per heavy atom. The zero-order chi connectivity index (χ0) is 15.5. The first kappa shape index (κ1) is 14.4. The average Bonchev–Trinajstić information content (AvgIpc) is 3.04. The number of hydrogen-bond acceptors (Lipinski definition) is 4. The average molecular weight is 300 g/mol. The topological polar surface area (TPSA) is 58.1 Å². The second kappa shape index (κ2) is 6.09. The van der Waals surface area contributed by atoms with Crippen molar-refractivity contribution in [3.63, 3.8) is 0 Å². The van der Waals surface area contributed by atoms with Crippen LogP contribution in [0.3, 0.4) is 0 Å². The molecule has 6 heteroatoms. The lowest BCUT2D eigenvalue weighted by atomic mass is 10.0. The summed E-state index contributed by atoms with van der Waals surface area (Å²) in [6, 6.07) is 10.2. The minimum Gasteiger partial charge on any atom is -0.354 e. The van der Waals surface area contributed by atoms with Crippen LogP contribution >= 0.6 is 0 Å². The third-order valence-electron chi connectivity index (χ3n) is 3.91.